The average Bonchev–Trinajstić information content (AvgIpc) is 2.96. The van der Waals surface area contributed by atoms with Crippen LogP contribution in [0.1, 0.15) is 25.7 Å². The molecule has 1 aromatic rings. The minimum atomic E-state index is -0.415. The Bertz CT molecular complexity index is 483. The Balaban J connectivity index is 1.57. The number of carbonyl (C=O) groups excluding carboxylic acids is 1. The van der Waals surface area contributed by atoms with Gasteiger partial charge < -0.3 is 20.6 Å². The largest absolute Gasteiger partial charge is 0.392 e. The summed E-state index contributed by atoms with van der Waals surface area (Å²) in [6, 6.07) is 7.75. The van der Waals surface area contributed by atoms with Crippen molar-refractivity contribution in [3.8, 4) is 0 Å². The van der Waals surface area contributed by atoms with Gasteiger partial charge in [-0.25, -0.2) is 0 Å². The SMILES string of the molecule is O=C(Nc1ccc(N2CCCCC2)cc1)C1CC(O)CN1. The fraction of sp³-hybridized carbons (Fsp3) is 0.562. The number of nitrogens with zero attached hydrogens (tertiary/aromatic N) is 1. The lowest BCUT2D eigenvalue weighted by molar-refractivity contribution is -0.117. The van der Waals surface area contributed by atoms with E-state index < -0.39 is 6.10 Å². The molecule has 5 nitrogen and oxygen atoms in total. The highest BCUT2D eigenvalue weighted by molar-refractivity contribution is 5.95. The summed E-state index contributed by atoms with van der Waals surface area (Å²) >= 11 is 0. The molecule has 21 heavy (non-hydrogen) atoms. The van der Waals surface area contributed by atoms with E-state index in [1.807, 2.05) is 12.1 Å². The van der Waals surface area contributed by atoms with Gasteiger partial charge in [-0.15, -0.1) is 0 Å². The van der Waals surface area contributed by atoms with Crippen LogP contribution >= 0.6 is 0 Å². The van der Waals surface area contributed by atoms with Crippen molar-refractivity contribution in [2.75, 3.05) is 29.9 Å². The first-order valence-electron chi connectivity index (χ1n) is 7.80. The minimum Gasteiger partial charge on any atom is -0.392 e. The number of amides is 1. The Morgan fingerprint density at radius 1 is 1.19 bits per heavy atom. The van der Waals surface area contributed by atoms with Gasteiger partial charge in [0.15, 0.2) is 0 Å². The molecule has 2 fully saturated rings. The van der Waals surface area contributed by atoms with Gasteiger partial charge in [0, 0.05) is 31.0 Å². The average molecular weight is 289 g/mol. The Morgan fingerprint density at radius 2 is 1.90 bits per heavy atom. The van der Waals surface area contributed by atoms with Crippen LogP contribution in [0.2, 0.25) is 0 Å². The summed E-state index contributed by atoms with van der Waals surface area (Å²) in [6.45, 7) is 2.73. The number of hydrogen-bond acceptors (Lipinski definition) is 4. The second-order valence-electron chi connectivity index (χ2n) is 5.93. The lowest BCUT2D eigenvalue weighted by Crippen LogP contribution is -2.35. The van der Waals surface area contributed by atoms with E-state index in [0.29, 0.717) is 13.0 Å². The maximum atomic E-state index is 12.1. The Hall–Kier alpha value is -1.59. The fourth-order valence-electron chi connectivity index (χ4n) is 3.05. The normalized spacial score (nSPS) is 25.9. The number of aliphatic hydroxyl groups is 1. The molecule has 5 heteroatoms. The van der Waals surface area contributed by atoms with Crippen molar-refractivity contribution in [2.24, 2.45) is 0 Å². The van der Waals surface area contributed by atoms with Crippen molar-refractivity contribution in [2.45, 2.75) is 37.8 Å². The molecule has 0 spiro atoms. The smallest absolute Gasteiger partial charge is 0.241 e. The number of hydrogen-bond donors (Lipinski definition) is 3. The molecule has 0 aromatic heterocycles. The number of aliphatic hydroxyl groups excluding tert-OH is 1. The number of nitrogens with one attached hydrogen (secondary N) is 2. The zero-order chi connectivity index (χ0) is 14.7. The molecule has 2 unspecified atom stereocenters. The molecule has 3 rings (SSSR count). The standard InChI is InChI=1S/C16H23N3O2/c20-14-10-15(17-11-14)16(21)18-12-4-6-13(7-5-12)19-8-2-1-3-9-19/h4-7,14-15,17,20H,1-3,8-11H2,(H,18,21). The summed E-state index contributed by atoms with van der Waals surface area (Å²) in [6.07, 6.45) is 3.91. The second kappa shape index (κ2) is 6.45. The van der Waals surface area contributed by atoms with E-state index in [0.717, 1.165) is 18.8 Å². The van der Waals surface area contributed by atoms with Gasteiger partial charge in [0.25, 0.3) is 0 Å². The van der Waals surface area contributed by atoms with Crippen LogP contribution in [0, 0.1) is 0 Å². The van der Waals surface area contributed by atoms with Crippen LogP contribution in [0.5, 0.6) is 0 Å². The highest BCUT2D eigenvalue weighted by Gasteiger charge is 2.27. The first-order valence-corrected chi connectivity index (χ1v) is 7.80. The van der Waals surface area contributed by atoms with Crippen molar-refractivity contribution in [1.29, 1.82) is 0 Å². The van der Waals surface area contributed by atoms with Crippen LogP contribution in [-0.2, 0) is 4.79 Å². The van der Waals surface area contributed by atoms with Crippen LogP contribution in [0.4, 0.5) is 11.4 Å². The molecule has 2 aliphatic rings. The predicted octanol–water partition coefficient (Wildman–Crippen LogP) is 1.34. The third-order valence-corrected chi connectivity index (χ3v) is 4.28. The van der Waals surface area contributed by atoms with Crippen LogP contribution in [0.25, 0.3) is 0 Å². The molecule has 3 N–H and O–H groups in total. The summed E-state index contributed by atoms with van der Waals surface area (Å²) in [5.41, 5.74) is 2.03. The molecule has 114 valence electrons. The maximum absolute atomic E-state index is 12.1. The lowest BCUT2D eigenvalue weighted by Gasteiger charge is -2.28. The van der Waals surface area contributed by atoms with E-state index in [2.05, 4.69) is 27.7 Å². The molecule has 2 saturated heterocycles. The minimum absolute atomic E-state index is 0.0720. The highest BCUT2D eigenvalue weighted by atomic mass is 16.3. The molecule has 2 heterocycles. The zero-order valence-electron chi connectivity index (χ0n) is 12.2. The zero-order valence-corrected chi connectivity index (χ0v) is 12.2. The summed E-state index contributed by atoms with van der Waals surface area (Å²) in [5, 5.41) is 15.4. The van der Waals surface area contributed by atoms with Crippen LogP contribution in [0.15, 0.2) is 24.3 Å². The number of carbonyl (C=O) groups is 1. The number of piperidine rings is 1. The Labute approximate surface area is 125 Å². The molecule has 2 aliphatic heterocycles. The molecule has 0 saturated carbocycles. The van der Waals surface area contributed by atoms with Crippen molar-refractivity contribution < 1.29 is 9.90 Å². The first kappa shape index (κ1) is 14.4. The molecule has 1 aromatic carbocycles. The van der Waals surface area contributed by atoms with E-state index in [4.69, 9.17) is 0 Å². The van der Waals surface area contributed by atoms with E-state index in [-0.39, 0.29) is 11.9 Å². The van der Waals surface area contributed by atoms with Crippen LogP contribution < -0.4 is 15.5 Å². The number of rotatable bonds is 3. The highest BCUT2D eigenvalue weighted by Crippen LogP contribution is 2.22. The molecular weight excluding hydrogens is 266 g/mol. The molecule has 2 atom stereocenters. The maximum Gasteiger partial charge on any atom is 0.241 e. The van der Waals surface area contributed by atoms with Crippen molar-refractivity contribution in [3.63, 3.8) is 0 Å². The second-order valence-corrected chi connectivity index (χ2v) is 5.93. The monoisotopic (exact) mass is 289 g/mol. The third kappa shape index (κ3) is 3.54. The van der Waals surface area contributed by atoms with E-state index >= 15 is 0 Å². The summed E-state index contributed by atoms with van der Waals surface area (Å²) < 4.78 is 0. The number of anilines is 2. The van der Waals surface area contributed by atoms with E-state index in [9.17, 15) is 9.90 Å². The third-order valence-electron chi connectivity index (χ3n) is 4.28. The van der Waals surface area contributed by atoms with E-state index in [1.165, 1.54) is 24.9 Å². The number of benzene rings is 1. The van der Waals surface area contributed by atoms with Gasteiger partial charge in [-0.3, -0.25) is 4.79 Å². The lowest BCUT2D eigenvalue weighted by atomic mass is 10.1. The van der Waals surface area contributed by atoms with Gasteiger partial charge in [0.2, 0.25) is 5.91 Å². The van der Waals surface area contributed by atoms with Gasteiger partial charge in [0.1, 0.15) is 0 Å². The van der Waals surface area contributed by atoms with Crippen LogP contribution in [0.3, 0.4) is 0 Å². The van der Waals surface area contributed by atoms with E-state index in [1.54, 1.807) is 0 Å². The van der Waals surface area contributed by atoms with Gasteiger partial charge in [0.05, 0.1) is 12.1 Å². The fourth-order valence-corrected chi connectivity index (χ4v) is 3.05. The topological polar surface area (TPSA) is 64.6 Å². The molecule has 0 aliphatic carbocycles. The number of β-amino-alcohol motifs (C(OH)–C–C–N with tert-alkyl or cyclic N) is 1. The van der Waals surface area contributed by atoms with Gasteiger partial charge >= 0.3 is 0 Å². The molecule has 0 bridgehead atoms. The van der Waals surface area contributed by atoms with Crippen molar-refractivity contribution in [1.82, 2.24) is 5.32 Å². The van der Waals surface area contributed by atoms with Gasteiger partial charge in [-0.05, 0) is 49.9 Å². The summed E-state index contributed by atoms with van der Waals surface area (Å²) in [4.78, 5) is 14.4. The van der Waals surface area contributed by atoms with Gasteiger partial charge in [-0.1, -0.05) is 0 Å². The predicted molar refractivity (Wildman–Crippen MR) is 83.6 cm³/mol. The first-order chi connectivity index (χ1) is 10.2. The molecule has 1 amide bonds. The van der Waals surface area contributed by atoms with Crippen LogP contribution in [-0.4, -0.2) is 42.8 Å². The summed E-state index contributed by atoms with van der Waals surface area (Å²) in [7, 11) is 0. The summed E-state index contributed by atoms with van der Waals surface area (Å²) in [5.74, 6) is -0.0720. The van der Waals surface area contributed by atoms with Crippen molar-refractivity contribution in [3.05, 3.63) is 24.3 Å². The quantitative estimate of drug-likeness (QED) is 0.786. The van der Waals surface area contributed by atoms with Gasteiger partial charge in [-0.2, -0.15) is 0 Å². The Morgan fingerprint density at radius 3 is 2.52 bits per heavy atom. The molecular formula is C16H23N3O2. The Kier molecular flexibility index (Phi) is 4.41. The van der Waals surface area contributed by atoms with Crippen molar-refractivity contribution >= 4 is 17.3 Å². The molecule has 0 radical (unpaired) electrons.